The molecule has 31 heavy (non-hydrogen) atoms. The maximum absolute atomic E-state index is 12.8. The fourth-order valence-electron chi connectivity index (χ4n) is 3.83. The van der Waals surface area contributed by atoms with E-state index in [1.54, 1.807) is 35.2 Å². The van der Waals surface area contributed by atoms with E-state index in [9.17, 15) is 19.7 Å². The van der Waals surface area contributed by atoms with Crippen LogP contribution in [0.15, 0.2) is 59.5 Å². The Hall–Kier alpha value is -3.95. The molecule has 10 heteroatoms. The number of para-hydroxylation sites is 1. The Morgan fingerprint density at radius 2 is 1.94 bits per heavy atom. The van der Waals surface area contributed by atoms with Gasteiger partial charge in [0.05, 0.1) is 4.92 Å². The van der Waals surface area contributed by atoms with Gasteiger partial charge in [-0.2, -0.15) is 0 Å². The van der Waals surface area contributed by atoms with Crippen molar-refractivity contribution >= 4 is 28.9 Å². The summed E-state index contributed by atoms with van der Waals surface area (Å²) < 4.78 is 1.17. The van der Waals surface area contributed by atoms with Gasteiger partial charge in [0.15, 0.2) is 0 Å². The van der Waals surface area contributed by atoms with Gasteiger partial charge in [-0.05, 0) is 43.5 Å². The molecule has 0 radical (unpaired) electrons. The van der Waals surface area contributed by atoms with Gasteiger partial charge in [-0.3, -0.25) is 19.3 Å². The van der Waals surface area contributed by atoms with Crippen molar-refractivity contribution in [1.82, 2.24) is 14.7 Å². The molecule has 1 aliphatic rings. The lowest BCUT2D eigenvalue weighted by atomic mass is 10.0. The standard InChI is InChI=1S/C21H22N6O4/c28-20-18(27(30)31)19(24-17-11-5-7-13-26(17)20)25-12-6-4-10-16(25)14-22-21(29)23-15-8-2-1-3-9-15/h1-3,5,7-9,11,13,16H,4,6,10,12,14H2,(H2,22,23,29). The number of carbonyl (C=O) groups excluding carboxylic acids is 1. The number of fused-ring (bicyclic) bond motifs is 1. The number of pyridine rings is 1. The summed E-state index contributed by atoms with van der Waals surface area (Å²) in [6, 6.07) is 13.5. The molecule has 1 unspecified atom stereocenters. The summed E-state index contributed by atoms with van der Waals surface area (Å²) in [7, 11) is 0. The minimum Gasteiger partial charge on any atom is -0.346 e. The molecule has 4 rings (SSSR count). The van der Waals surface area contributed by atoms with Crippen LogP contribution < -0.4 is 21.1 Å². The van der Waals surface area contributed by atoms with E-state index in [1.165, 1.54) is 10.6 Å². The van der Waals surface area contributed by atoms with Crippen LogP contribution in [0.4, 0.5) is 22.0 Å². The van der Waals surface area contributed by atoms with Crippen molar-refractivity contribution in [2.75, 3.05) is 23.3 Å². The van der Waals surface area contributed by atoms with E-state index >= 15 is 0 Å². The molecule has 2 amide bonds. The number of benzene rings is 1. The number of carbonyl (C=O) groups is 1. The average Bonchev–Trinajstić information content (AvgIpc) is 2.78. The van der Waals surface area contributed by atoms with Crippen LogP contribution in [0.3, 0.4) is 0 Å². The molecule has 1 aliphatic heterocycles. The summed E-state index contributed by atoms with van der Waals surface area (Å²) in [6.45, 7) is 0.786. The highest BCUT2D eigenvalue weighted by Gasteiger charge is 2.33. The number of hydrogen-bond acceptors (Lipinski definition) is 6. The molecule has 1 aromatic carbocycles. The van der Waals surface area contributed by atoms with Crippen molar-refractivity contribution in [2.24, 2.45) is 0 Å². The van der Waals surface area contributed by atoms with E-state index in [0.29, 0.717) is 17.9 Å². The molecule has 1 fully saturated rings. The molecule has 3 heterocycles. The number of piperidine rings is 1. The minimum atomic E-state index is -0.718. The number of amides is 2. The van der Waals surface area contributed by atoms with Gasteiger partial charge in [0, 0.05) is 31.0 Å². The number of anilines is 2. The Morgan fingerprint density at radius 1 is 1.16 bits per heavy atom. The zero-order chi connectivity index (χ0) is 21.8. The first-order chi connectivity index (χ1) is 15.0. The van der Waals surface area contributed by atoms with Crippen LogP contribution in [0, 0.1) is 10.1 Å². The van der Waals surface area contributed by atoms with Crippen molar-refractivity contribution in [1.29, 1.82) is 0 Å². The smallest absolute Gasteiger partial charge is 0.346 e. The summed E-state index contributed by atoms with van der Waals surface area (Å²) in [6.07, 6.45) is 3.92. The van der Waals surface area contributed by atoms with Crippen LogP contribution in [0.25, 0.3) is 5.65 Å². The third-order valence-electron chi connectivity index (χ3n) is 5.30. The van der Waals surface area contributed by atoms with Crippen LogP contribution in [0.5, 0.6) is 0 Å². The van der Waals surface area contributed by atoms with Crippen LogP contribution >= 0.6 is 0 Å². The summed E-state index contributed by atoms with van der Waals surface area (Å²) in [5, 5.41) is 17.3. The molecular weight excluding hydrogens is 400 g/mol. The summed E-state index contributed by atoms with van der Waals surface area (Å²) in [5.41, 5.74) is -0.262. The summed E-state index contributed by atoms with van der Waals surface area (Å²) >= 11 is 0. The van der Waals surface area contributed by atoms with E-state index in [-0.39, 0.29) is 24.4 Å². The number of urea groups is 1. The predicted octanol–water partition coefficient (Wildman–Crippen LogP) is 2.78. The zero-order valence-electron chi connectivity index (χ0n) is 16.7. The second-order valence-electron chi connectivity index (χ2n) is 7.32. The third kappa shape index (κ3) is 4.32. The molecule has 1 saturated heterocycles. The lowest BCUT2D eigenvalue weighted by molar-refractivity contribution is -0.385. The van der Waals surface area contributed by atoms with Gasteiger partial charge >= 0.3 is 17.3 Å². The first-order valence-corrected chi connectivity index (χ1v) is 10.1. The van der Waals surface area contributed by atoms with E-state index in [0.717, 1.165) is 19.3 Å². The van der Waals surface area contributed by atoms with Crippen molar-refractivity contribution in [3.63, 3.8) is 0 Å². The van der Waals surface area contributed by atoms with Crippen LogP contribution in [0.1, 0.15) is 19.3 Å². The van der Waals surface area contributed by atoms with Gasteiger partial charge in [0.25, 0.3) is 0 Å². The molecule has 10 nitrogen and oxygen atoms in total. The highest BCUT2D eigenvalue weighted by molar-refractivity contribution is 5.89. The fourth-order valence-corrected chi connectivity index (χ4v) is 3.83. The summed E-state index contributed by atoms with van der Waals surface area (Å²) in [4.78, 5) is 42.4. The van der Waals surface area contributed by atoms with E-state index < -0.39 is 16.2 Å². The lowest BCUT2D eigenvalue weighted by Gasteiger charge is -2.36. The topological polar surface area (TPSA) is 122 Å². The van der Waals surface area contributed by atoms with E-state index in [4.69, 9.17) is 0 Å². The molecule has 2 aromatic heterocycles. The largest absolute Gasteiger partial charge is 0.376 e. The Morgan fingerprint density at radius 3 is 2.71 bits per heavy atom. The van der Waals surface area contributed by atoms with Gasteiger partial charge in [0.1, 0.15) is 5.65 Å². The van der Waals surface area contributed by atoms with E-state index in [2.05, 4.69) is 15.6 Å². The summed E-state index contributed by atoms with van der Waals surface area (Å²) in [5.74, 6) is 0.0520. The van der Waals surface area contributed by atoms with Crippen molar-refractivity contribution in [2.45, 2.75) is 25.3 Å². The highest BCUT2D eigenvalue weighted by Crippen LogP contribution is 2.29. The predicted molar refractivity (Wildman–Crippen MR) is 117 cm³/mol. The molecular formula is C21H22N6O4. The highest BCUT2D eigenvalue weighted by atomic mass is 16.6. The van der Waals surface area contributed by atoms with Crippen molar-refractivity contribution < 1.29 is 9.72 Å². The molecule has 0 aliphatic carbocycles. The van der Waals surface area contributed by atoms with E-state index in [1.807, 2.05) is 18.2 Å². The van der Waals surface area contributed by atoms with Gasteiger partial charge in [-0.15, -0.1) is 0 Å². The third-order valence-corrected chi connectivity index (χ3v) is 5.30. The molecule has 0 bridgehead atoms. The van der Waals surface area contributed by atoms with Gasteiger partial charge < -0.3 is 15.5 Å². The zero-order valence-corrected chi connectivity index (χ0v) is 16.7. The number of aromatic nitrogens is 2. The molecule has 3 aromatic rings. The Balaban J connectivity index is 1.59. The first kappa shape index (κ1) is 20.3. The van der Waals surface area contributed by atoms with Crippen LogP contribution in [-0.4, -0.2) is 39.5 Å². The number of nitrogens with zero attached hydrogens (tertiary/aromatic N) is 4. The normalized spacial score (nSPS) is 16.1. The Bertz CT molecular complexity index is 1160. The van der Waals surface area contributed by atoms with Crippen LogP contribution in [0.2, 0.25) is 0 Å². The first-order valence-electron chi connectivity index (χ1n) is 10.1. The fraction of sp³-hybridized carbons (Fsp3) is 0.286. The molecule has 160 valence electrons. The molecule has 0 spiro atoms. The maximum atomic E-state index is 12.8. The average molecular weight is 422 g/mol. The van der Waals surface area contributed by atoms with Gasteiger partial charge in [-0.1, -0.05) is 24.3 Å². The molecule has 2 N–H and O–H groups in total. The van der Waals surface area contributed by atoms with Gasteiger partial charge in [0.2, 0.25) is 5.82 Å². The van der Waals surface area contributed by atoms with Crippen molar-refractivity contribution in [3.8, 4) is 0 Å². The van der Waals surface area contributed by atoms with Gasteiger partial charge in [-0.25, -0.2) is 9.78 Å². The maximum Gasteiger partial charge on any atom is 0.376 e. The quantitative estimate of drug-likeness (QED) is 0.482. The minimum absolute atomic E-state index is 0.0520. The molecule has 1 atom stereocenters. The number of nitrogens with one attached hydrogen (secondary N) is 2. The second-order valence-corrected chi connectivity index (χ2v) is 7.32. The monoisotopic (exact) mass is 422 g/mol. The number of nitro groups is 1. The Labute approximate surface area is 177 Å². The Kier molecular flexibility index (Phi) is 5.78. The number of rotatable bonds is 5. The van der Waals surface area contributed by atoms with Crippen molar-refractivity contribution in [3.05, 3.63) is 75.2 Å². The SMILES string of the molecule is O=C(NCC1CCCCN1c1nc2ccccn2c(=O)c1[N+](=O)[O-])Nc1ccccc1. The number of hydrogen-bond donors (Lipinski definition) is 2. The lowest BCUT2D eigenvalue weighted by Crippen LogP contribution is -2.48. The van der Waals surface area contributed by atoms with Crippen LogP contribution in [-0.2, 0) is 0 Å². The molecule has 0 saturated carbocycles. The second kappa shape index (κ2) is 8.82.